The van der Waals surface area contributed by atoms with E-state index in [2.05, 4.69) is 10.3 Å². The van der Waals surface area contributed by atoms with Crippen molar-refractivity contribution in [1.82, 2.24) is 15.2 Å². The highest BCUT2D eigenvalue weighted by molar-refractivity contribution is 5.83. The van der Waals surface area contributed by atoms with Gasteiger partial charge in [0.25, 0.3) is 0 Å². The topological polar surface area (TPSA) is 54.5 Å². The molecule has 24 heavy (non-hydrogen) atoms. The standard InChI is InChI=1S/C19H23N3O2/c1-24-17-10-9-15(13-20-17)14-21-18(16-7-3-2-4-8-16)19(23)22-11-5-6-12-22/h2-4,7-10,13,18,21H,5-6,11-12,14H2,1H3/t18-/m0/s1. The van der Waals surface area contributed by atoms with Gasteiger partial charge in [0.1, 0.15) is 6.04 Å². The molecule has 1 N–H and O–H groups in total. The molecule has 0 aliphatic carbocycles. The number of carbonyl (C=O) groups excluding carboxylic acids is 1. The van der Waals surface area contributed by atoms with Gasteiger partial charge in [-0.15, -0.1) is 0 Å². The second-order valence-electron chi connectivity index (χ2n) is 5.97. The van der Waals surface area contributed by atoms with Crippen LogP contribution in [0.25, 0.3) is 0 Å². The van der Waals surface area contributed by atoms with E-state index in [1.807, 2.05) is 47.4 Å². The van der Waals surface area contributed by atoms with Crippen molar-refractivity contribution < 1.29 is 9.53 Å². The van der Waals surface area contributed by atoms with E-state index in [0.717, 1.165) is 37.1 Å². The number of hydrogen-bond acceptors (Lipinski definition) is 4. The number of rotatable bonds is 6. The third-order valence-electron chi connectivity index (χ3n) is 4.31. The molecule has 2 aromatic rings. The summed E-state index contributed by atoms with van der Waals surface area (Å²) < 4.78 is 5.08. The van der Waals surface area contributed by atoms with E-state index in [1.165, 1.54) is 0 Å². The zero-order valence-electron chi connectivity index (χ0n) is 13.9. The number of hydrogen-bond donors (Lipinski definition) is 1. The molecule has 1 aromatic heterocycles. The Morgan fingerprint density at radius 1 is 1.21 bits per heavy atom. The van der Waals surface area contributed by atoms with Crippen molar-refractivity contribution in [3.63, 3.8) is 0 Å². The number of benzene rings is 1. The lowest BCUT2D eigenvalue weighted by molar-refractivity contribution is -0.132. The average molecular weight is 325 g/mol. The molecule has 126 valence electrons. The highest BCUT2D eigenvalue weighted by Crippen LogP contribution is 2.20. The number of nitrogens with zero attached hydrogens (tertiary/aromatic N) is 2. The van der Waals surface area contributed by atoms with Crippen LogP contribution in [-0.4, -0.2) is 36.0 Å². The van der Waals surface area contributed by atoms with E-state index in [-0.39, 0.29) is 11.9 Å². The summed E-state index contributed by atoms with van der Waals surface area (Å²) in [5.41, 5.74) is 2.02. The molecule has 1 fully saturated rings. The number of carbonyl (C=O) groups is 1. The number of aromatic nitrogens is 1. The van der Waals surface area contributed by atoms with Crippen LogP contribution in [0.3, 0.4) is 0 Å². The summed E-state index contributed by atoms with van der Waals surface area (Å²) in [6.45, 7) is 2.29. The molecule has 1 aliphatic heterocycles. The monoisotopic (exact) mass is 325 g/mol. The van der Waals surface area contributed by atoms with Gasteiger partial charge in [-0.2, -0.15) is 0 Å². The lowest BCUT2D eigenvalue weighted by atomic mass is 10.1. The van der Waals surface area contributed by atoms with Crippen LogP contribution >= 0.6 is 0 Å². The summed E-state index contributed by atoms with van der Waals surface area (Å²) in [5.74, 6) is 0.742. The zero-order chi connectivity index (χ0) is 16.8. The van der Waals surface area contributed by atoms with Gasteiger partial charge in [-0.25, -0.2) is 4.98 Å². The number of likely N-dealkylation sites (tertiary alicyclic amines) is 1. The summed E-state index contributed by atoms with van der Waals surface area (Å²) >= 11 is 0. The highest BCUT2D eigenvalue weighted by Gasteiger charge is 2.27. The Kier molecular flexibility index (Phi) is 5.43. The van der Waals surface area contributed by atoms with Crippen molar-refractivity contribution in [2.75, 3.05) is 20.2 Å². The largest absolute Gasteiger partial charge is 0.481 e. The number of methoxy groups -OCH3 is 1. The van der Waals surface area contributed by atoms with Crippen LogP contribution in [0.5, 0.6) is 5.88 Å². The number of ether oxygens (including phenoxy) is 1. The van der Waals surface area contributed by atoms with Crippen LogP contribution < -0.4 is 10.1 Å². The van der Waals surface area contributed by atoms with E-state index >= 15 is 0 Å². The third kappa shape index (κ3) is 3.92. The predicted molar refractivity (Wildman–Crippen MR) is 92.6 cm³/mol. The zero-order valence-corrected chi connectivity index (χ0v) is 13.9. The Labute approximate surface area is 142 Å². The molecule has 1 aliphatic rings. The Bertz CT molecular complexity index is 652. The summed E-state index contributed by atoms with van der Waals surface area (Å²) in [6, 6.07) is 13.4. The summed E-state index contributed by atoms with van der Waals surface area (Å²) in [4.78, 5) is 19.1. The van der Waals surface area contributed by atoms with Crippen molar-refractivity contribution in [3.8, 4) is 5.88 Å². The van der Waals surface area contributed by atoms with E-state index in [1.54, 1.807) is 13.3 Å². The molecule has 1 amide bonds. The first kappa shape index (κ1) is 16.5. The van der Waals surface area contributed by atoms with Crippen molar-refractivity contribution in [2.45, 2.75) is 25.4 Å². The Balaban J connectivity index is 1.72. The van der Waals surface area contributed by atoms with Crippen LogP contribution in [0.15, 0.2) is 48.7 Å². The van der Waals surface area contributed by atoms with Crippen LogP contribution in [0.4, 0.5) is 0 Å². The van der Waals surface area contributed by atoms with Crippen molar-refractivity contribution in [3.05, 3.63) is 59.8 Å². The molecular weight excluding hydrogens is 302 g/mol. The fourth-order valence-electron chi connectivity index (χ4n) is 2.97. The molecule has 0 unspecified atom stereocenters. The Morgan fingerprint density at radius 3 is 2.58 bits per heavy atom. The molecule has 5 heteroatoms. The van der Waals surface area contributed by atoms with Gasteiger partial charge in [-0.3, -0.25) is 10.1 Å². The molecule has 1 aromatic carbocycles. The van der Waals surface area contributed by atoms with E-state index < -0.39 is 0 Å². The third-order valence-corrected chi connectivity index (χ3v) is 4.31. The minimum absolute atomic E-state index is 0.153. The van der Waals surface area contributed by atoms with Gasteiger partial charge in [0, 0.05) is 31.9 Å². The van der Waals surface area contributed by atoms with Gasteiger partial charge in [0.2, 0.25) is 11.8 Å². The molecule has 1 saturated heterocycles. The molecule has 5 nitrogen and oxygen atoms in total. The molecule has 1 atom stereocenters. The minimum atomic E-state index is -0.327. The SMILES string of the molecule is COc1ccc(CN[C@H](C(=O)N2CCCC2)c2ccccc2)cn1. The normalized spacial score (nSPS) is 15.3. The molecule has 3 rings (SSSR count). The molecule has 0 spiro atoms. The van der Waals surface area contributed by atoms with Crippen molar-refractivity contribution in [2.24, 2.45) is 0 Å². The van der Waals surface area contributed by atoms with Gasteiger partial charge in [0.05, 0.1) is 7.11 Å². The van der Waals surface area contributed by atoms with Crippen LogP contribution in [-0.2, 0) is 11.3 Å². The van der Waals surface area contributed by atoms with E-state index in [0.29, 0.717) is 12.4 Å². The van der Waals surface area contributed by atoms with Gasteiger partial charge in [-0.1, -0.05) is 36.4 Å². The smallest absolute Gasteiger partial charge is 0.244 e. The summed E-state index contributed by atoms with van der Waals surface area (Å²) in [7, 11) is 1.60. The fraction of sp³-hybridized carbons (Fsp3) is 0.368. The molecule has 0 saturated carbocycles. The second-order valence-corrected chi connectivity index (χ2v) is 5.97. The molecular formula is C19H23N3O2. The van der Waals surface area contributed by atoms with Gasteiger partial charge < -0.3 is 9.64 Å². The van der Waals surface area contributed by atoms with Crippen LogP contribution in [0, 0.1) is 0 Å². The number of nitrogens with one attached hydrogen (secondary N) is 1. The first-order chi connectivity index (χ1) is 11.8. The Hall–Kier alpha value is -2.40. The van der Waals surface area contributed by atoms with Gasteiger partial charge in [0.15, 0.2) is 0 Å². The van der Waals surface area contributed by atoms with Gasteiger partial charge >= 0.3 is 0 Å². The average Bonchev–Trinajstić information content (AvgIpc) is 3.18. The maximum atomic E-state index is 12.9. The van der Waals surface area contributed by atoms with Crippen molar-refractivity contribution >= 4 is 5.91 Å². The number of pyridine rings is 1. The first-order valence-corrected chi connectivity index (χ1v) is 8.34. The maximum Gasteiger partial charge on any atom is 0.244 e. The molecule has 0 bridgehead atoms. The van der Waals surface area contributed by atoms with E-state index in [9.17, 15) is 4.79 Å². The van der Waals surface area contributed by atoms with Crippen LogP contribution in [0.2, 0.25) is 0 Å². The molecule has 0 radical (unpaired) electrons. The molecule has 2 heterocycles. The second kappa shape index (κ2) is 7.93. The highest BCUT2D eigenvalue weighted by atomic mass is 16.5. The lowest BCUT2D eigenvalue weighted by Crippen LogP contribution is -2.39. The van der Waals surface area contributed by atoms with Crippen molar-refractivity contribution in [1.29, 1.82) is 0 Å². The maximum absolute atomic E-state index is 12.9. The predicted octanol–water partition coefficient (Wildman–Crippen LogP) is 2.54. The quantitative estimate of drug-likeness (QED) is 0.887. The summed E-state index contributed by atoms with van der Waals surface area (Å²) in [5, 5.41) is 3.39. The van der Waals surface area contributed by atoms with E-state index in [4.69, 9.17) is 4.74 Å². The number of amides is 1. The van der Waals surface area contributed by atoms with Crippen LogP contribution in [0.1, 0.15) is 30.0 Å². The Morgan fingerprint density at radius 2 is 1.96 bits per heavy atom. The minimum Gasteiger partial charge on any atom is -0.481 e. The van der Waals surface area contributed by atoms with Gasteiger partial charge in [-0.05, 0) is 24.0 Å². The fourth-order valence-corrected chi connectivity index (χ4v) is 2.97. The first-order valence-electron chi connectivity index (χ1n) is 8.34. The lowest BCUT2D eigenvalue weighted by Gasteiger charge is -2.24. The summed E-state index contributed by atoms with van der Waals surface area (Å²) in [6.07, 6.45) is 3.96.